The summed E-state index contributed by atoms with van der Waals surface area (Å²) in [5, 5.41) is 0. The average Bonchev–Trinajstić information content (AvgIpc) is 1.65. The maximum atomic E-state index is 5.03. The predicted octanol–water partition coefficient (Wildman–Crippen LogP) is 0.374. The Balaban J connectivity index is 3.50. The highest BCUT2D eigenvalue weighted by Gasteiger charge is 1.69. The second-order valence-corrected chi connectivity index (χ2v) is 0.929. The van der Waals surface area contributed by atoms with E-state index in [-0.39, 0.29) is 0 Å². The molecule has 6 heavy (non-hydrogen) atoms. The second-order valence-electron chi connectivity index (χ2n) is 0.729. The van der Waals surface area contributed by atoms with Gasteiger partial charge in [0, 0.05) is 0 Å². The van der Waals surface area contributed by atoms with Crippen LogP contribution in [0.4, 0.5) is 0 Å². The Hall–Kier alpha value is -0.440. The van der Waals surface area contributed by atoms with Gasteiger partial charge < -0.3 is 5.73 Å². The highest BCUT2D eigenvalue weighted by atomic mass is 32.1. The Labute approximate surface area is 42.3 Å². The lowest BCUT2D eigenvalue weighted by molar-refractivity contribution is 1.70. The number of nitrogens with two attached hydrogens (primary N) is 1. The van der Waals surface area contributed by atoms with Crippen molar-refractivity contribution in [3.63, 3.8) is 0 Å². The van der Waals surface area contributed by atoms with Crippen LogP contribution in [0.3, 0.4) is 0 Å². The molecule has 0 radical (unpaired) electrons. The Bertz CT molecular complexity index is 76.9. The van der Waals surface area contributed by atoms with Crippen LogP contribution >= 0.6 is 12.8 Å². The number of nitrogens with zero attached hydrogens (tertiary/aromatic N) is 1. The molecule has 0 unspecified atom stereocenters. The van der Waals surface area contributed by atoms with Gasteiger partial charge in [-0.2, -0.15) is 0 Å². The average molecular weight is 102 g/mol. The van der Waals surface area contributed by atoms with Gasteiger partial charge >= 0.3 is 0 Å². The molecule has 0 bridgehead atoms. The molecule has 0 atom stereocenters. The first-order valence-corrected chi connectivity index (χ1v) is 1.81. The van der Waals surface area contributed by atoms with Crippen molar-refractivity contribution in [2.45, 2.75) is 0 Å². The summed E-state index contributed by atoms with van der Waals surface area (Å²) < 4.78 is 3.28. The Kier molecular flexibility index (Phi) is 2.58. The zero-order valence-electron chi connectivity index (χ0n) is 3.26. The van der Waals surface area contributed by atoms with Crippen LogP contribution in [-0.4, -0.2) is 5.84 Å². The van der Waals surface area contributed by atoms with E-state index in [0.717, 1.165) is 0 Å². The number of hydrogen-bond donors (Lipinski definition) is 2. The zero-order valence-corrected chi connectivity index (χ0v) is 4.15. The second kappa shape index (κ2) is 2.78. The van der Waals surface area contributed by atoms with E-state index in [1.807, 2.05) is 0 Å². The molecule has 2 N–H and O–H groups in total. The third-order valence-corrected chi connectivity index (χ3v) is 0.556. The molecule has 0 amide bonds. The van der Waals surface area contributed by atoms with Crippen molar-refractivity contribution >= 4 is 18.7 Å². The summed E-state index contributed by atoms with van der Waals surface area (Å²) in [5.41, 5.74) is 5.03. The fourth-order valence-corrected chi connectivity index (χ4v) is 0.122. The molecule has 0 aromatic rings. The van der Waals surface area contributed by atoms with Crippen LogP contribution in [0.15, 0.2) is 17.1 Å². The SMILES string of the molecule is C=CC(N)=NS. The molecule has 0 aliphatic rings. The van der Waals surface area contributed by atoms with E-state index in [9.17, 15) is 0 Å². The van der Waals surface area contributed by atoms with Gasteiger partial charge in [-0.3, -0.25) is 0 Å². The van der Waals surface area contributed by atoms with Crippen molar-refractivity contribution in [1.29, 1.82) is 0 Å². The maximum Gasteiger partial charge on any atom is 0.130 e. The van der Waals surface area contributed by atoms with Crippen LogP contribution < -0.4 is 5.73 Å². The molecule has 34 valence electrons. The predicted molar refractivity (Wildman–Crippen MR) is 30.8 cm³/mol. The van der Waals surface area contributed by atoms with Gasteiger partial charge in [0.05, 0.1) is 0 Å². The molecule has 0 aliphatic carbocycles. The lowest BCUT2D eigenvalue weighted by atomic mass is 10.6. The van der Waals surface area contributed by atoms with Crippen molar-refractivity contribution < 1.29 is 0 Å². The number of thiol groups is 1. The minimum absolute atomic E-state index is 0.346. The Morgan fingerprint density at radius 2 is 2.50 bits per heavy atom. The molecule has 3 heteroatoms. The quantitative estimate of drug-likeness (QED) is 0.280. The van der Waals surface area contributed by atoms with Gasteiger partial charge in [0.25, 0.3) is 0 Å². The van der Waals surface area contributed by atoms with Crippen molar-refractivity contribution in [3.8, 4) is 0 Å². The molecular weight excluding hydrogens is 96.1 g/mol. The summed E-state index contributed by atoms with van der Waals surface area (Å²) in [6.07, 6.45) is 1.42. The van der Waals surface area contributed by atoms with E-state index in [2.05, 4.69) is 23.8 Å². The van der Waals surface area contributed by atoms with Crippen LogP contribution in [-0.2, 0) is 0 Å². The van der Waals surface area contributed by atoms with Crippen molar-refractivity contribution in [2.75, 3.05) is 0 Å². The van der Waals surface area contributed by atoms with E-state index in [1.165, 1.54) is 6.08 Å². The first-order valence-electron chi connectivity index (χ1n) is 1.41. The van der Waals surface area contributed by atoms with Gasteiger partial charge in [0.1, 0.15) is 5.84 Å². The molecule has 0 heterocycles. The fraction of sp³-hybridized carbons (Fsp3) is 0. The molecule has 0 spiro atoms. The molecule has 0 rings (SSSR count). The third kappa shape index (κ3) is 1.84. The van der Waals surface area contributed by atoms with E-state index in [1.54, 1.807) is 0 Å². The van der Waals surface area contributed by atoms with Gasteiger partial charge in [-0.25, -0.2) is 4.40 Å². The smallest absolute Gasteiger partial charge is 0.130 e. The fourth-order valence-electron chi connectivity index (χ4n) is 0.0408. The molecule has 0 aromatic carbocycles. The topological polar surface area (TPSA) is 38.4 Å². The Morgan fingerprint density at radius 1 is 2.00 bits per heavy atom. The van der Waals surface area contributed by atoms with E-state index in [4.69, 9.17) is 5.73 Å². The molecule has 0 fully saturated rings. The normalized spacial score (nSPS) is 11.2. The van der Waals surface area contributed by atoms with Crippen molar-refractivity contribution in [3.05, 3.63) is 12.7 Å². The first-order chi connectivity index (χ1) is 2.81. The summed E-state index contributed by atoms with van der Waals surface area (Å²) >= 11 is 3.49. The highest BCUT2D eigenvalue weighted by molar-refractivity contribution is 7.79. The van der Waals surface area contributed by atoms with Gasteiger partial charge in [0.2, 0.25) is 0 Å². The lowest BCUT2D eigenvalue weighted by Crippen LogP contribution is -2.04. The number of rotatable bonds is 1. The third-order valence-electron chi connectivity index (χ3n) is 0.325. The van der Waals surface area contributed by atoms with Crippen LogP contribution in [0.5, 0.6) is 0 Å². The van der Waals surface area contributed by atoms with Gasteiger partial charge in [-0.1, -0.05) is 6.58 Å². The van der Waals surface area contributed by atoms with Crippen molar-refractivity contribution in [1.82, 2.24) is 0 Å². The molecule has 0 aromatic heterocycles. The van der Waals surface area contributed by atoms with Crippen molar-refractivity contribution in [2.24, 2.45) is 10.1 Å². The van der Waals surface area contributed by atoms with Crippen LogP contribution in [0.2, 0.25) is 0 Å². The minimum atomic E-state index is 0.346. The van der Waals surface area contributed by atoms with E-state index >= 15 is 0 Å². The lowest BCUT2D eigenvalue weighted by Gasteiger charge is -1.78. The minimum Gasteiger partial charge on any atom is -0.383 e. The van der Waals surface area contributed by atoms with E-state index in [0.29, 0.717) is 5.84 Å². The van der Waals surface area contributed by atoms with Gasteiger partial charge in [0.15, 0.2) is 0 Å². The maximum absolute atomic E-state index is 5.03. The van der Waals surface area contributed by atoms with E-state index < -0.39 is 0 Å². The number of amidine groups is 1. The molecule has 0 aliphatic heterocycles. The zero-order chi connectivity index (χ0) is 4.99. The summed E-state index contributed by atoms with van der Waals surface area (Å²) in [6.45, 7) is 3.33. The summed E-state index contributed by atoms with van der Waals surface area (Å²) in [4.78, 5) is 0. The Morgan fingerprint density at radius 3 is 2.50 bits per heavy atom. The van der Waals surface area contributed by atoms with Gasteiger partial charge in [-0.05, 0) is 18.9 Å². The number of hydrogen-bond acceptors (Lipinski definition) is 2. The first kappa shape index (κ1) is 5.56. The summed E-state index contributed by atoms with van der Waals surface area (Å²) in [6, 6.07) is 0. The van der Waals surface area contributed by atoms with Gasteiger partial charge in [-0.15, -0.1) is 0 Å². The largest absolute Gasteiger partial charge is 0.383 e. The molecule has 2 nitrogen and oxygen atoms in total. The molecule has 0 saturated carbocycles. The van der Waals surface area contributed by atoms with Crippen LogP contribution in [0.1, 0.15) is 0 Å². The highest BCUT2D eigenvalue weighted by Crippen LogP contribution is 1.72. The summed E-state index contributed by atoms with van der Waals surface area (Å²) in [5.74, 6) is 0.346. The summed E-state index contributed by atoms with van der Waals surface area (Å²) in [7, 11) is 0. The standard InChI is InChI=1S/C3H6N2S/c1-2-3(4)5-6/h2,6H,1H2,(H2,4,5). The monoisotopic (exact) mass is 102 g/mol. The van der Waals surface area contributed by atoms with Crippen LogP contribution in [0.25, 0.3) is 0 Å². The molecular formula is C3H6N2S. The van der Waals surface area contributed by atoms with Crippen LogP contribution in [0, 0.1) is 0 Å². The molecule has 0 saturated heterocycles.